The summed E-state index contributed by atoms with van der Waals surface area (Å²) in [6, 6.07) is 16.2. The molecule has 0 radical (unpaired) electrons. The monoisotopic (exact) mass is 310 g/mol. The highest BCUT2D eigenvalue weighted by molar-refractivity contribution is 7.15. The van der Waals surface area contributed by atoms with Gasteiger partial charge in [0, 0.05) is 47.5 Å². The molecule has 2 aromatic rings. The van der Waals surface area contributed by atoms with Crippen molar-refractivity contribution in [3.05, 3.63) is 47.3 Å². The highest BCUT2D eigenvalue weighted by atomic mass is 32.1. The molecule has 1 aliphatic carbocycles. The van der Waals surface area contributed by atoms with Crippen LogP contribution in [0, 0.1) is 0 Å². The van der Waals surface area contributed by atoms with Gasteiger partial charge in [0.25, 0.3) is 0 Å². The Morgan fingerprint density at radius 1 is 1.00 bits per heavy atom. The Bertz CT molecular complexity index is 676. The first-order chi connectivity index (χ1) is 10.9. The van der Waals surface area contributed by atoms with Crippen LogP contribution in [0.15, 0.2) is 42.5 Å². The standard InChI is InChI=1S/C19H22N2S/c1-2-4-15(5-3-1)17-7-6-16(22-17)14-20-12-13-21-11-10-19(21)9-8-18(19)20/h1-7,18H,8-14H2. The molecule has 1 aromatic carbocycles. The van der Waals surface area contributed by atoms with E-state index >= 15 is 0 Å². The van der Waals surface area contributed by atoms with Crippen LogP contribution in [0.2, 0.25) is 0 Å². The molecule has 2 saturated heterocycles. The van der Waals surface area contributed by atoms with Crippen LogP contribution in [-0.2, 0) is 6.54 Å². The van der Waals surface area contributed by atoms with Crippen LogP contribution in [0.1, 0.15) is 24.1 Å². The number of nitrogens with zero attached hydrogens (tertiary/aromatic N) is 2. The Hall–Kier alpha value is -1.16. The molecule has 1 saturated carbocycles. The number of hydrogen-bond acceptors (Lipinski definition) is 3. The number of benzene rings is 1. The Labute approximate surface area is 136 Å². The van der Waals surface area contributed by atoms with E-state index in [0.29, 0.717) is 5.54 Å². The summed E-state index contributed by atoms with van der Waals surface area (Å²) in [4.78, 5) is 8.44. The van der Waals surface area contributed by atoms with Gasteiger partial charge < -0.3 is 0 Å². The second-order valence-corrected chi connectivity index (χ2v) is 8.17. The fourth-order valence-electron chi connectivity index (χ4n) is 4.70. The average molecular weight is 310 g/mol. The lowest BCUT2D eigenvalue weighted by atomic mass is 9.61. The summed E-state index contributed by atoms with van der Waals surface area (Å²) in [5.74, 6) is 0. The summed E-state index contributed by atoms with van der Waals surface area (Å²) in [5, 5.41) is 0. The number of rotatable bonds is 3. The summed E-state index contributed by atoms with van der Waals surface area (Å²) < 4.78 is 0. The van der Waals surface area contributed by atoms with Crippen LogP contribution in [-0.4, -0.2) is 41.0 Å². The number of piperazine rings is 1. The summed E-state index contributed by atoms with van der Waals surface area (Å²) in [5.41, 5.74) is 1.94. The summed E-state index contributed by atoms with van der Waals surface area (Å²) in [6.45, 7) is 5.04. The highest BCUT2D eigenvalue weighted by Crippen LogP contribution is 2.51. The molecule has 0 N–H and O–H groups in total. The number of hydrogen-bond donors (Lipinski definition) is 0. The second kappa shape index (κ2) is 4.92. The van der Waals surface area contributed by atoms with Crippen molar-refractivity contribution < 1.29 is 0 Å². The van der Waals surface area contributed by atoms with E-state index in [-0.39, 0.29) is 0 Å². The van der Waals surface area contributed by atoms with Crippen LogP contribution in [0.25, 0.3) is 10.4 Å². The van der Waals surface area contributed by atoms with E-state index in [1.165, 1.54) is 54.2 Å². The molecule has 3 heteroatoms. The molecule has 2 unspecified atom stereocenters. The van der Waals surface area contributed by atoms with Crippen molar-refractivity contribution in [2.45, 2.75) is 37.4 Å². The molecule has 22 heavy (non-hydrogen) atoms. The molecule has 2 atom stereocenters. The molecule has 3 aliphatic rings. The molecular weight excluding hydrogens is 288 g/mol. The predicted octanol–water partition coefficient (Wildman–Crippen LogP) is 3.84. The van der Waals surface area contributed by atoms with Gasteiger partial charge >= 0.3 is 0 Å². The van der Waals surface area contributed by atoms with E-state index in [2.05, 4.69) is 52.3 Å². The van der Waals surface area contributed by atoms with Crippen molar-refractivity contribution in [3.63, 3.8) is 0 Å². The molecule has 2 aliphatic heterocycles. The lowest BCUT2D eigenvalue weighted by molar-refractivity contribution is -0.176. The van der Waals surface area contributed by atoms with Crippen LogP contribution < -0.4 is 0 Å². The SMILES string of the molecule is c1ccc(-c2ccc(CN3CCN4CCC45CCC35)s2)cc1. The Morgan fingerprint density at radius 2 is 1.91 bits per heavy atom. The summed E-state index contributed by atoms with van der Waals surface area (Å²) in [6.07, 6.45) is 4.29. The maximum atomic E-state index is 2.76. The first-order valence-electron chi connectivity index (χ1n) is 8.48. The largest absolute Gasteiger partial charge is 0.295 e. The van der Waals surface area contributed by atoms with Crippen molar-refractivity contribution in [3.8, 4) is 10.4 Å². The minimum absolute atomic E-state index is 0.595. The van der Waals surface area contributed by atoms with E-state index in [0.717, 1.165) is 12.6 Å². The third kappa shape index (κ3) is 1.86. The molecule has 2 nitrogen and oxygen atoms in total. The van der Waals surface area contributed by atoms with Gasteiger partial charge in [0.1, 0.15) is 0 Å². The van der Waals surface area contributed by atoms with E-state index in [1.54, 1.807) is 0 Å². The fourth-order valence-corrected chi connectivity index (χ4v) is 5.73. The molecule has 5 rings (SSSR count). The summed E-state index contributed by atoms with van der Waals surface area (Å²) in [7, 11) is 0. The zero-order valence-corrected chi connectivity index (χ0v) is 13.7. The molecule has 3 fully saturated rings. The van der Waals surface area contributed by atoms with Gasteiger partial charge in [-0.3, -0.25) is 9.80 Å². The number of thiophene rings is 1. The van der Waals surface area contributed by atoms with Crippen molar-refractivity contribution in [1.29, 1.82) is 0 Å². The Balaban J connectivity index is 1.33. The van der Waals surface area contributed by atoms with E-state index in [9.17, 15) is 0 Å². The molecule has 1 aromatic heterocycles. The molecule has 3 heterocycles. The minimum atomic E-state index is 0.595. The Morgan fingerprint density at radius 3 is 2.64 bits per heavy atom. The predicted molar refractivity (Wildman–Crippen MR) is 92.1 cm³/mol. The van der Waals surface area contributed by atoms with Gasteiger partial charge in [-0.05, 0) is 37.0 Å². The third-order valence-corrected chi connectivity index (χ3v) is 7.21. The highest BCUT2D eigenvalue weighted by Gasteiger charge is 2.59. The molecule has 114 valence electrons. The smallest absolute Gasteiger partial charge is 0.0378 e. The van der Waals surface area contributed by atoms with Gasteiger partial charge in [-0.25, -0.2) is 0 Å². The summed E-state index contributed by atoms with van der Waals surface area (Å²) >= 11 is 1.97. The van der Waals surface area contributed by atoms with Gasteiger partial charge in [-0.1, -0.05) is 30.3 Å². The van der Waals surface area contributed by atoms with Crippen LogP contribution in [0.3, 0.4) is 0 Å². The van der Waals surface area contributed by atoms with E-state index in [1.807, 2.05) is 11.3 Å². The van der Waals surface area contributed by atoms with E-state index in [4.69, 9.17) is 0 Å². The first kappa shape index (κ1) is 13.3. The lowest BCUT2D eigenvalue weighted by Crippen LogP contribution is -2.79. The van der Waals surface area contributed by atoms with E-state index < -0.39 is 0 Å². The first-order valence-corrected chi connectivity index (χ1v) is 9.30. The van der Waals surface area contributed by atoms with Gasteiger partial charge in [0.15, 0.2) is 0 Å². The Kier molecular flexibility index (Phi) is 2.97. The zero-order chi connectivity index (χ0) is 14.6. The van der Waals surface area contributed by atoms with Gasteiger partial charge in [0.2, 0.25) is 0 Å². The van der Waals surface area contributed by atoms with Gasteiger partial charge in [-0.2, -0.15) is 0 Å². The van der Waals surface area contributed by atoms with Crippen molar-refractivity contribution in [2.24, 2.45) is 0 Å². The van der Waals surface area contributed by atoms with Gasteiger partial charge in [0.05, 0.1) is 0 Å². The van der Waals surface area contributed by atoms with Crippen LogP contribution in [0.5, 0.6) is 0 Å². The normalized spacial score (nSPS) is 31.0. The van der Waals surface area contributed by atoms with Crippen LogP contribution in [0.4, 0.5) is 0 Å². The molecular formula is C19H22N2S. The average Bonchev–Trinajstić information content (AvgIpc) is 2.93. The topological polar surface area (TPSA) is 6.48 Å². The minimum Gasteiger partial charge on any atom is -0.295 e. The molecule has 1 spiro atoms. The second-order valence-electron chi connectivity index (χ2n) is 7.00. The van der Waals surface area contributed by atoms with Crippen molar-refractivity contribution >= 4 is 11.3 Å². The third-order valence-electron chi connectivity index (χ3n) is 6.09. The molecule has 0 bridgehead atoms. The maximum absolute atomic E-state index is 2.76. The van der Waals surface area contributed by atoms with Crippen LogP contribution >= 0.6 is 11.3 Å². The lowest BCUT2D eigenvalue weighted by Gasteiger charge is -2.69. The zero-order valence-electron chi connectivity index (χ0n) is 12.9. The van der Waals surface area contributed by atoms with Gasteiger partial charge in [-0.15, -0.1) is 11.3 Å². The molecule has 0 amide bonds. The van der Waals surface area contributed by atoms with Crippen molar-refractivity contribution in [2.75, 3.05) is 19.6 Å². The maximum Gasteiger partial charge on any atom is 0.0378 e. The fraction of sp³-hybridized carbons (Fsp3) is 0.474. The quantitative estimate of drug-likeness (QED) is 0.850. The van der Waals surface area contributed by atoms with Crippen molar-refractivity contribution in [1.82, 2.24) is 9.80 Å².